The Morgan fingerprint density at radius 1 is 1.16 bits per heavy atom. The molecule has 0 aliphatic rings. The summed E-state index contributed by atoms with van der Waals surface area (Å²) in [6.07, 6.45) is -5.18. The molecule has 0 spiro atoms. The first-order valence-corrected chi connectivity index (χ1v) is 5.67. The quantitative estimate of drug-likeness (QED) is 0.868. The first-order chi connectivity index (χ1) is 8.96. The van der Waals surface area contributed by atoms with Gasteiger partial charge in [-0.15, -0.1) is 0 Å². The van der Waals surface area contributed by atoms with Crippen LogP contribution in [0.2, 0.25) is 0 Å². The second-order valence-electron chi connectivity index (χ2n) is 3.97. The molecule has 0 atom stereocenters. The fourth-order valence-corrected chi connectivity index (χ4v) is 1.62. The Hall–Kier alpha value is -2.05. The van der Waals surface area contributed by atoms with Crippen LogP contribution in [-0.2, 0) is 0 Å². The van der Waals surface area contributed by atoms with E-state index in [1.807, 2.05) is 0 Å². The topological polar surface area (TPSA) is 61.0 Å². The number of anilines is 1. The summed E-state index contributed by atoms with van der Waals surface area (Å²) in [5.74, 6) is 0.245. The van der Waals surface area contributed by atoms with Crippen LogP contribution < -0.4 is 10.5 Å². The van der Waals surface area contributed by atoms with Crippen molar-refractivity contribution in [1.29, 1.82) is 0 Å². The molecular weight excluding hydrogens is 259 g/mol. The van der Waals surface area contributed by atoms with Crippen LogP contribution in [0.25, 0.3) is 10.9 Å². The van der Waals surface area contributed by atoms with Crippen LogP contribution in [0.1, 0.15) is 12.8 Å². The van der Waals surface area contributed by atoms with Crippen LogP contribution >= 0.6 is 0 Å². The van der Waals surface area contributed by atoms with E-state index in [1.54, 1.807) is 24.3 Å². The fraction of sp³-hybridized carbons (Fsp3) is 0.333. The maximum atomic E-state index is 12.0. The molecule has 0 radical (unpaired) electrons. The van der Waals surface area contributed by atoms with Crippen LogP contribution in [0, 0.1) is 0 Å². The molecule has 0 bridgehead atoms. The molecule has 7 heteroatoms. The van der Waals surface area contributed by atoms with Crippen LogP contribution in [0.4, 0.5) is 19.1 Å². The van der Waals surface area contributed by atoms with Crippen molar-refractivity contribution >= 4 is 16.9 Å². The van der Waals surface area contributed by atoms with E-state index in [4.69, 9.17) is 10.5 Å². The van der Waals surface area contributed by atoms with Crippen molar-refractivity contribution in [1.82, 2.24) is 9.97 Å². The molecule has 0 amide bonds. The molecule has 2 rings (SSSR count). The zero-order chi connectivity index (χ0) is 13.9. The SMILES string of the molecule is Nc1nc(OCCCC(F)(F)F)c2ccccc2n1. The summed E-state index contributed by atoms with van der Waals surface area (Å²) in [5.41, 5.74) is 6.11. The average Bonchev–Trinajstić information content (AvgIpc) is 2.33. The van der Waals surface area contributed by atoms with Gasteiger partial charge in [0.2, 0.25) is 11.8 Å². The summed E-state index contributed by atoms with van der Waals surface area (Å²) in [7, 11) is 0. The summed E-state index contributed by atoms with van der Waals surface area (Å²) in [5, 5.41) is 0.628. The number of halogens is 3. The third-order valence-corrected chi connectivity index (χ3v) is 2.43. The predicted octanol–water partition coefficient (Wildman–Crippen LogP) is 2.93. The van der Waals surface area contributed by atoms with Crippen molar-refractivity contribution in [3.63, 3.8) is 0 Å². The van der Waals surface area contributed by atoms with Gasteiger partial charge >= 0.3 is 6.18 Å². The summed E-state index contributed by atoms with van der Waals surface area (Å²) < 4.78 is 41.3. The largest absolute Gasteiger partial charge is 0.477 e. The number of ether oxygens (including phenoxy) is 1. The lowest BCUT2D eigenvalue weighted by molar-refractivity contribution is -0.136. The summed E-state index contributed by atoms with van der Waals surface area (Å²) in [6, 6.07) is 7.01. The Kier molecular flexibility index (Phi) is 3.73. The second-order valence-corrected chi connectivity index (χ2v) is 3.97. The highest BCUT2D eigenvalue weighted by Crippen LogP contribution is 2.24. The molecule has 1 aromatic carbocycles. The van der Waals surface area contributed by atoms with Crippen LogP contribution in [0.3, 0.4) is 0 Å². The number of benzene rings is 1. The van der Waals surface area contributed by atoms with E-state index in [1.165, 1.54) is 0 Å². The van der Waals surface area contributed by atoms with E-state index in [0.29, 0.717) is 10.9 Å². The number of para-hydroxylation sites is 1. The molecule has 4 nitrogen and oxygen atoms in total. The zero-order valence-corrected chi connectivity index (χ0v) is 9.94. The standard InChI is InChI=1S/C12H12F3N3O/c13-12(14,15)6-3-7-19-10-8-4-1-2-5-9(8)17-11(16)18-10/h1-2,4-5H,3,6-7H2,(H2,16,17,18). The van der Waals surface area contributed by atoms with Crippen LogP contribution in [0.15, 0.2) is 24.3 Å². The molecule has 102 valence electrons. The minimum Gasteiger partial charge on any atom is -0.477 e. The van der Waals surface area contributed by atoms with Gasteiger partial charge in [-0.25, -0.2) is 4.98 Å². The monoisotopic (exact) mass is 271 g/mol. The molecule has 1 aromatic heterocycles. The van der Waals surface area contributed by atoms with E-state index in [0.717, 1.165) is 0 Å². The number of hydrogen-bond donors (Lipinski definition) is 1. The van der Waals surface area contributed by atoms with Crippen LogP contribution in [0.5, 0.6) is 5.88 Å². The number of nitrogens with two attached hydrogens (primary N) is 1. The molecule has 1 heterocycles. The molecule has 0 fully saturated rings. The lowest BCUT2D eigenvalue weighted by Gasteiger charge is -2.09. The van der Waals surface area contributed by atoms with Crippen molar-refractivity contribution < 1.29 is 17.9 Å². The summed E-state index contributed by atoms with van der Waals surface area (Å²) in [4.78, 5) is 7.91. The van der Waals surface area contributed by atoms with E-state index in [-0.39, 0.29) is 24.9 Å². The van der Waals surface area contributed by atoms with Crippen LogP contribution in [-0.4, -0.2) is 22.8 Å². The fourth-order valence-electron chi connectivity index (χ4n) is 1.62. The van der Waals surface area contributed by atoms with Gasteiger partial charge in [0.1, 0.15) is 0 Å². The van der Waals surface area contributed by atoms with Gasteiger partial charge in [-0.1, -0.05) is 12.1 Å². The van der Waals surface area contributed by atoms with Gasteiger partial charge in [-0.05, 0) is 18.6 Å². The third-order valence-electron chi connectivity index (χ3n) is 2.43. The minimum absolute atomic E-state index is 0.0320. The number of rotatable bonds is 4. The van der Waals surface area contributed by atoms with Crippen molar-refractivity contribution in [3.8, 4) is 5.88 Å². The normalized spacial score (nSPS) is 11.7. The minimum atomic E-state index is -4.17. The Labute approximate surface area is 107 Å². The third kappa shape index (κ3) is 3.70. The number of hydrogen-bond acceptors (Lipinski definition) is 4. The molecule has 0 saturated carbocycles. The first kappa shape index (κ1) is 13.4. The molecule has 2 aromatic rings. The molecule has 2 N–H and O–H groups in total. The molecular formula is C12H12F3N3O. The molecule has 19 heavy (non-hydrogen) atoms. The number of alkyl halides is 3. The average molecular weight is 271 g/mol. The number of nitrogen functional groups attached to an aromatic ring is 1. The lowest BCUT2D eigenvalue weighted by atomic mass is 10.2. The van der Waals surface area contributed by atoms with Crippen molar-refractivity contribution in [2.75, 3.05) is 12.3 Å². The van der Waals surface area contributed by atoms with Gasteiger partial charge in [0, 0.05) is 6.42 Å². The zero-order valence-electron chi connectivity index (χ0n) is 9.94. The van der Waals surface area contributed by atoms with E-state index >= 15 is 0 Å². The molecule has 0 unspecified atom stereocenters. The smallest absolute Gasteiger partial charge is 0.389 e. The van der Waals surface area contributed by atoms with E-state index in [9.17, 15) is 13.2 Å². The lowest BCUT2D eigenvalue weighted by Crippen LogP contribution is -2.10. The Morgan fingerprint density at radius 2 is 1.89 bits per heavy atom. The second kappa shape index (κ2) is 5.29. The van der Waals surface area contributed by atoms with E-state index < -0.39 is 12.6 Å². The van der Waals surface area contributed by atoms with Gasteiger partial charge in [-0.3, -0.25) is 0 Å². The Bertz CT molecular complexity index is 572. The highest BCUT2D eigenvalue weighted by atomic mass is 19.4. The highest BCUT2D eigenvalue weighted by Gasteiger charge is 2.26. The predicted molar refractivity (Wildman–Crippen MR) is 64.7 cm³/mol. The summed E-state index contributed by atoms with van der Waals surface area (Å²) >= 11 is 0. The number of aromatic nitrogens is 2. The molecule has 0 aliphatic carbocycles. The van der Waals surface area contributed by atoms with Gasteiger partial charge in [0.15, 0.2) is 0 Å². The van der Waals surface area contributed by atoms with Gasteiger partial charge in [0.25, 0.3) is 0 Å². The number of nitrogens with zero attached hydrogens (tertiary/aromatic N) is 2. The maximum absolute atomic E-state index is 12.0. The van der Waals surface area contributed by atoms with E-state index in [2.05, 4.69) is 9.97 Å². The van der Waals surface area contributed by atoms with Gasteiger partial charge in [-0.2, -0.15) is 18.2 Å². The summed E-state index contributed by atoms with van der Waals surface area (Å²) in [6.45, 7) is -0.0695. The number of fused-ring (bicyclic) bond motifs is 1. The maximum Gasteiger partial charge on any atom is 0.389 e. The Balaban J connectivity index is 2.08. The molecule has 0 saturated heterocycles. The molecule has 0 aliphatic heterocycles. The van der Waals surface area contributed by atoms with Crippen molar-refractivity contribution in [3.05, 3.63) is 24.3 Å². The van der Waals surface area contributed by atoms with Gasteiger partial charge in [0.05, 0.1) is 17.5 Å². The first-order valence-electron chi connectivity index (χ1n) is 5.67. The van der Waals surface area contributed by atoms with Gasteiger partial charge < -0.3 is 10.5 Å². The van der Waals surface area contributed by atoms with Crippen molar-refractivity contribution in [2.24, 2.45) is 0 Å². The highest BCUT2D eigenvalue weighted by molar-refractivity contribution is 5.84. The van der Waals surface area contributed by atoms with Crippen molar-refractivity contribution in [2.45, 2.75) is 19.0 Å². The Morgan fingerprint density at radius 3 is 2.63 bits per heavy atom.